The number of carboxylic acid groups (broad SMARTS) is 1. The van der Waals surface area contributed by atoms with E-state index in [1.165, 1.54) is 4.90 Å². The number of carboxylic acids is 1. The van der Waals surface area contributed by atoms with Gasteiger partial charge in [-0.2, -0.15) is 0 Å². The highest BCUT2D eigenvalue weighted by Gasteiger charge is 2.32. The first kappa shape index (κ1) is 12.2. The van der Waals surface area contributed by atoms with Crippen molar-refractivity contribution in [2.24, 2.45) is 0 Å². The van der Waals surface area contributed by atoms with E-state index in [-0.39, 0.29) is 12.5 Å². The average molecular weight is 347 g/mol. The molecule has 0 spiro atoms. The second kappa shape index (κ2) is 4.52. The van der Waals surface area contributed by atoms with Crippen LogP contribution in [0.4, 0.5) is 5.69 Å². The molecule has 17 heavy (non-hydrogen) atoms. The van der Waals surface area contributed by atoms with E-state index >= 15 is 0 Å². The Balaban J connectivity index is 2.45. The highest BCUT2D eigenvalue weighted by molar-refractivity contribution is 14.1. The van der Waals surface area contributed by atoms with Crippen molar-refractivity contribution < 1.29 is 19.4 Å². The van der Waals surface area contributed by atoms with Crippen LogP contribution in [-0.2, 0) is 9.59 Å². The van der Waals surface area contributed by atoms with Gasteiger partial charge in [-0.3, -0.25) is 14.5 Å². The number of anilines is 1. The summed E-state index contributed by atoms with van der Waals surface area (Å²) in [4.78, 5) is 23.8. The van der Waals surface area contributed by atoms with Gasteiger partial charge in [-0.25, -0.2) is 0 Å². The molecule has 1 aliphatic rings. The maximum Gasteiger partial charge on any atom is 0.323 e. The Labute approximate surface area is 112 Å². The molecule has 1 aromatic rings. The second-order valence-corrected chi connectivity index (χ2v) is 4.94. The molecule has 0 bridgehead atoms. The maximum absolute atomic E-state index is 11.8. The summed E-state index contributed by atoms with van der Waals surface area (Å²) in [5.74, 6) is -0.830. The van der Waals surface area contributed by atoms with Gasteiger partial charge in [-0.15, -0.1) is 0 Å². The van der Waals surface area contributed by atoms with E-state index in [9.17, 15) is 9.59 Å². The fourth-order valence-electron chi connectivity index (χ4n) is 1.68. The van der Waals surface area contributed by atoms with Gasteiger partial charge >= 0.3 is 5.97 Å². The van der Waals surface area contributed by atoms with E-state index in [0.717, 1.165) is 3.57 Å². The Kier molecular flexibility index (Phi) is 3.23. The van der Waals surface area contributed by atoms with Crippen molar-refractivity contribution in [2.75, 3.05) is 11.4 Å². The van der Waals surface area contributed by atoms with Crippen LogP contribution in [0.5, 0.6) is 5.75 Å². The van der Waals surface area contributed by atoms with Crippen molar-refractivity contribution in [1.29, 1.82) is 0 Å². The van der Waals surface area contributed by atoms with Crippen LogP contribution >= 0.6 is 22.6 Å². The molecule has 5 nitrogen and oxygen atoms in total. The number of amides is 1. The monoisotopic (exact) mass is 347 g/mol. The summed E-state index contributed by atoms with van der Waals surface area (Å²) in [5.41, 5.74) is 0.510. The van der Waals surface area contributed by atoms with Crippen molar-refractivity contribution in [3.8, 4) is 5.75 Å². The van der Waals surface area contributed by atoms with E-state index < -0.39 is 12.1 Å². The third-order valence-electron chi connectivity index (χ3n) is 2.42. The molecule has 1 atom stereocenters. The number of aliphatic carboxylic acids is 1. The summed E-state index contributed by atoms with van der Waals surface area (Å²) in [6.45, 7) is 1.26. The molecule has 2 rings (SSSR count). The number of carbonyl (C=O) groups is 2. The fourth-order valence-corrected chi connectivity index (χ4v) is 2.15. The molecule has 90 valence electrons. The molecule has 1 N–H and O–H groups in total. The van der Waals surface area contributed by atoms with Crippen molar-refractivity contribution >= 4 is 40.2 Å². The molecular formula is C11H10INO4. The minimum Gasteiger partial charge on any atom is -0.480 e. The molecule has 0 aromatic heterocycles. The van der Waals surface area contributed by atoms with Crippen LogP contribution in [0.25, 0.3) is 0 Å². The molecule has 0 saturated carbocycles. The van der Waals surface area contributed by atoms with Gasteiger partial charge in [0.05, 0.1) is 5.69 Å². The molecule has 1 unspecified atom stereocenters. The number of carbonyl (C=O) groups excluding carboxylic acids is 1. The van der Waals surface area contributed by atoms with Gasteiger partial charge < -0.3 is 9.84 Å². The van der Waals surface area contributed by atoms with E-state index in [4.69, 9.17) is 9.84 Å². The number of halogens is 1. The largest absolute Gasteiger partial charge is 0.480 e. The van der Waals surface area contributed by atoms with Crippen LogP contribution in [0, 0.1) is 3.57 Å². The Morgan fingerprint density at radius 1 is 1.59 bits per heavy atom. The third kappa shape index (κ3) is 2.36. The van der Waals surface area contributed by atoms with Crippen LogP contribution in [0.2, 0.25) is 0 Å². The number of benzene rings is 1. The Morgan fingerprint density at radius 2 is 2.29 bits per heavy atom. The predicted molar refractivity (Wildman–Crippen MR) is 69.2 cm³/mol. The van der Waals surface area contributed by atoms with Crippen molar-refractivity contribution in [2.45, 2.75) is 13.0 Å². The van der Waals surface area contributed by atoms with E-state index in [2.05, 4.69) is 22.6 Å². The molecule has 1 aliphatic heterocycles. The molecule has 1 amide bonds. The molecule has 1 aromatic carbocycles. The Morgan fingerprint density at radius 3 is 2.94 bits per heavy atom. The molecule has 0 aliphatic carbocycles. The topological polar surface area (TPSA) is 66.8 Å². The fraction of sp³-hybridized carbons (Fsp3) is 0.273. The number of rotatable bonds is 2. The molecule has 1 heterocycles. The van der Waals surface area contributed by atoms with E-state index in [1.54, 1.807) is 25.1 Å². The van der Waals surface area contributed by atoms with Crippen molar-refractivity contribution in [3.05, 3.63) is 21.8 Å². The van der Waals surface area contributed by atoms with Crippen LogP contribution in [0.15, 0.2) is 18.2 Å². The lowest BCUT2D eigenvalue weighted by Gasteiger charge is -2.31. The molecular weight excluding hydrogens is 337 g/mol. The van der Waals surface area contributed by atoms with Crippen LogP contribution in [-0.4, -0.2) is 29.6 Å². The van der Waals surface area contributed by atoms with Gasteiger partial charge in [0.2, 0.25) is 0 Å². The lowest BCUT2D eigenvalue weighted by molar-refractivity contribution is -0.137. The summed E-state index contributed by atoms with van der Waals surface area (Å²) in [7, 11) is 0. The smallest absolute Gasteiger partial charge is 0.323 e. The van der Waals surface area contributed by atoms with Crippen molar-refractivity contribution in [1.82, 2.24) is 0 Å². The van der Waals surface area contributed by atoms with Gasteiger partial charge in [0.15, 0.2) is 6.10 Å². The molecule has 0 saturated heterocycles. The van der Waals surface area contributed by atoms with Crippen LogP contribution in [0.3, 0.4) is 0 Å². The van der Waals surface area contributed by atoms with Gasteiger partial charge in [-0.1, -0.05) is 0 Å². The summed E-state index contributed by atoms with van der Waals surface area (Å²) in [6, 6.07) is 5.29. The Hall–Kier alpha value is -1.31. The van der Waals surface area contributed by atoms with Gasteiger partial charge in [0.1, 0.15) is 12.3 Å². The average Bonchev–Trinajstić information content (AvgIpc) is 2.24. The zero-order chi connectivity index (χ0) is 12.6. The molecule has 0 radical (unpaired) electrons. The first-order chi connectivity index (χ1) is 7.99. The zero-order valence-corrected chi connectivity index (χ0v) is 11.2. The zero-order valence-electron chi connectivity index (χ0n) is 9.01. The second-order valence-electron chi connectivity index (χ2n) is 3.69. The first-order valence-electron chi connectivity index (χ1n) is 4.98. The number of hydrogen-bond donors (Lipinski definition) is 1. The number of ether oxygens (including phenoxy) is 1. The van der Waals surface area contributed by atoms with Gasteiger partial charge in [0, 0.05) is 3.57 Å². The quantitative estimate of drug-likeness (QED) is 0.824. The lowest BCUT2D eigenvalue weighted by Crippen LogP contribution is -2.46. The summed E-state index contributed by atoms with van der Waals surface area (Å²) >= 11 is 2.13. The first-order valence-corrected chi connectivity index (χ1v) is 6.06. The summed E-state index contributed by atoms with van der Waals surface area (Å²) in [6.07, 6.45) is -0.653. The highest BCUT2D eigenvalue weighted by atomic mass is 127. The molecule has 0 fully saturated rings. The third-order valence-corrected chi connectivity index (χ3v) is 3.09. The lowest BCUT2D eigenvalue weighted by atomic mass is 10.2. The van der Waals surface area contributed by atoms with Crippen molar-refractivity contribution in [3.63, 3.8) is 0 Å². The summed E-state index contributed by atoms with van der Waals surface area (Å²) < 4.78 is 6.42. The minimum absolute atomic E-state index is 0.332. The Bertz CT molecular complexity index is 488. The maximum atomic E-state index is 11.8. The summed E-state index contributed by atoms with van der Waals surface area (Å²) in [5, 5.41) is 8.81. The number of nitrogens with zero attached hydrogens (tertiary/aromatic N) is 1. The normalized spacial score (nSPS) is 18.6. The van der Waals surface area contributed by atoms with Gasteiger partial charge in [-0.05, 0) is 47.7 Å². The predicted octanol–water partition coefficient (Wildman–Crippen LogP) is 1.49. The van der Waals surface area contributed by atoms with E-state index in [1.807, 2.05) is 0 Å². The highest BCUT2D eigenvalue weighted by Crippen LogP contribution is 2.34. The SMILES string of the molecule is CC1Oc2cc(I)ccc2N(CC(=O)O)C1=O. The minimum atomic E-state index is -1.04. The van der Waals surface area contributed by atoms with Gasteiger partial charge in [0.25, 0.3) is 5.91 Å². The van der Waals surface area contributed by atoms with Crippen LogP contribution < -0.4 is 9.64 Å². The number of fused-ring (bicyclic) bond motifs is 1. The molecule has 6 heteroatoms. The number of hydrogen-bond acceptors (Lipinski definition) is 3. The van der Waals surface area contributed by atoms with E-state index in [0.29, 0.717) is 11.4 Å². The standard InChI is InChI=1S/C11H10INO4/c1-6-11(16)13(5-10(14)15)8-3-2-7(12)4-9(8)17-6/h2-4,6H,5H2,1H3,(H,14,15). The van der Waals surface area contributed by atoms with Crippen LogP contribution in [0.1, 0.15) is 6.92 Å².